The molecule has 0 aliphatic rings. The van der Waals surface area contributed by atoms with Crippen LogP contribution in [0.2, 0.25) is 0 Å². The van der Waals surface area contributed by atoms with E-state index in [1.165, 1.54) is 4.90 Å². The van der Waals surface area contributed by atoms with Gasteiger partial charge in [-0.25, -0.2) is 0 Å². The summed E-state index contributed by atoms with van der Waals surface area (Å²) in [6.07, 6.45) is 0. The second kappa shape index (κ2) is 6.76. The third kappa shape index (κ3) is 3.63. The lowest BCUT2D eigenvalue weighted by molar-refractivity contribution is -0.134. The average molecular weight is 297 g/mol. The van der Waals surface area contributed by atoms with E-state index in [9.17, 15) is 9.59 Å². The van der Waals surface area contributed by atoms with Crippen molar-refractivity contribution < 1.29 is 9.59 Å². The molecule has 2 amide bonds. The topological polar surface area (TPSA) is 52.7 Å². The summed E-state index contributed by atoms with van der Waals surface area (Å²) < 4.78 is 0. The minimum absolute atomic E-state index is 0.588. The lowest BCUT2D eigenvalue weighted by Gasteiger charge is -2.17. The second-order valence-corrected chi connectivity index (χ2v) is 5.10. The Bertz CT molecular complexity index is 651. The smallest absolute Gasteiger partial charge is 0.316 e. The largest absolute Gasteiger partial charge is 0.378 e. The van der Waals surface area contributed by atoms with Gasteiger partial charge in [-0.2, -0.15) is 0 Å². The maximum atomic E-state index is 12.1. The fraction of sp³-hybridized carbons (Fsp3) is 0.176. The predicted molar refractivity (Wildman–Crippen MR) is 89.3 cm³/mol. The number of hydrogen-bond acceptors (Lipinski definition) is 3. The van der Waals surface area contributed by atoms with E-state index in [1.807, 2.05) is 49.3 Å². The lowest BCUT2D eigenvalue weighted by Crippen LogP contribution is -2.37. The molecule has 0 heterocycles. The Morgan fingerprint density at radius 2 is 1.41 bits per heavy atom. The Morgan fingerprint density at radius 1 is 0.818 bits per heavy atom. The van der Waals surface area contributed by atoms with Gasteiger partial charge in [-0.05, 0) is 36.4 Å². The Balaban J connectivity index is 2.04. The number of hydrogen-bond donors (Lipinski definition) is 1. The van der Waals surface area contributed by atoms with Gasteiger partial charge < -0.3 is 15.1 Å². The van der Waals surface area contributed by atoms with Crippen molar-refractivity contribution in [3.05, 3.63) is 54.6 Å². The SMILES string of the molecule is CN(C)c1ccc(NC(=O)C(=O)N(C)c2ccccc2)cc1. The highest BCUT2D eigenvalue weighted by Gasteiger charge is 2.19. The van der Waals surface area contributed by atoms with Gasteiger partial charge in [0.05, 0.1) is 0 Å². The van der Waals surface area contributed by atoms with Crippen LogP contribution in [0.1, 0.15) is 0 Å². The van der Waals surface area contributed by atoms with Crippen molar-refractivity contribution in [3.63, 3.8) is 0 Å². The maximum absolute atomic E-state index is 12.1. The van der Waals surface area contributed by atoms with E-state index in [2.05, 4.69) is 5.32 Å². The highest BCUT2D eigenvalue weighted by molar-refractivity contribution is 6.44. The third-order valence-corrected chi connectivity index (χ3v) is 3.28. The van der Waals surface area contributed by atoms with E-state index in [1.54, 1.807) is 31.3 Å². The molecule has 5 nitrogen and oxygen atoms in total. The van der Waals surface area contributed by atoms with E-state index >= 15 is 0 Å². The highest BCUT2D eigenvalue weighted by Crippen LogP contribution is 2.16. The number of carbonyl (C=O) groups excluding carboxylic acids is 2. The minimum atomic E-state index is -0.663. The Morgan fingerprint density at radius 3 is 1.95 bits per heavy atom. The van der Waals surface area contributed by atoms with Crippen molar-refractivity contribution in [3.8, 4) is 0 Å². The lowest BCUT2D eigenvalue weighted by atomic mass is 10.2. The Labute approximate surface area is 130 Å². The first-order valence-corrected chi connectivity index (χ1v) is 6.90. The molecule has 0 atom stereocenters. The fourth-order valence-corrected chi connectivity index (χ4v) is 1.95. The molecular weight excluding hydrogens is 278 g/mol. The first-order valence-electron chi connectivity index (χ1n) is 6.90. The molecule has 0 saturated heterocycles. The molecule has 114 valence electrons. The van der Waals surface area contributed by atoms with Gasteiger partial charge in [-0.3, -0.25) is 9.59 Å². The van der Waals surface area contributed by atoms with E-state index in [0.717, 1.165) is 5.69 Å². The molecule has 0 unspecified atom stereocenters. The first-order chi connectivity index (χ1) is 10.5. The summed E-state index contributed by atoms with van der Waals surface area (Å²) in [5, 5.41) is 2.61. The van der Waals surface area contributed by atoms with Crippen LogP contribution in [0.4, 0.5) is 17.1 Å². The summed E-state index contributed by atoms with van der Waals surface area (Å²) in [6, 6.07) is 16.3. The van der Waals surface area contributed by atoms with Gasteiger partial charge in [0.1, 0.15) is 0 Å². The summed E-state index contributed by atoms with van der Waals surface area (Å²) >= 11 is 0. The van der Waals surface area contributed by atoms with Crippen molar-refractivity contribution in [2.75, 3.05) is 36.3 Å². The molecule has 0 aromatic heterocycles. The van der Waals surface area contributed by atoms with Gasteiger partial charge in [-0.1, -0.05) is 18.2 Å². The van der Waals surface area contributed by atoms with E-state index in [-0.39, 0.29) is 0 Å². The number of para-hydroxylation sites is 1. The molecule has 1 N–H and O–H groups in total. The zero-order chi connectivity index (χ0) is 16.1. The quantitative estimate of drug-likeness (QED) is 0.885. The number of nitrogens with one attached hydrogen (secondary N) is 1. The first kappa shape index (κ1) is 15.6. The highest BCUT2D eigenvalue weighted by atomic mass is 16.2. The van der Waals surface area contributed by atoms with Gasteiger partial charge in [0.2, 0.25) is 0 Å². The second-order valence-electron chi connectivity index (χ2n) is 5.10. The Kier molecular flexibility index (Phi) is 4.78. The summed E-state index contributed by atoms with van der Waals surface area (Å²) in [6.45, 7) is 0. The third-order valence-electron chi connectivity index (χ3n) is 3.28. The van der Waals surface area contributed by atoms with E-state index < -0.39 is 11.8 Å². The van der Waals surface area contributed by atoms with Gasteiger partial charge in [0.15, 0.2) is 0 Å². The number of nitrogens with zero attached hydrogens (tertiary/aromatic N) is 2. The maximum Gasteiger partial charge on any atom is 0.316 e. The van der Waals surface area contributed by atoms with Crippen molar-refractivity contribution in [2.45, 2.75) is 0 Å². The molecule has 0 saturated carbocycles. The molecule has 2 rings (SSSR count). The van der Waals surface area contributed by atoms with E-state index in [4.69, 9.17) is 0 Å². The van der Waals surface area contributed by atoms with Crippen molar-refractivity contribution in [1.82, 2.24) is 0 Å². The molecule has 0 aliphatic heterocycles. The van der Waals surface area contributed by atoms with Gasteiger partial charge in [0.25, 0.3) is 0 Å². The monoisotopic (exact) mass is 297 g/mol. The van der Waals surface area contributed by atoms with Crippen molar-refractivity contribution >= 4 is 28.9 Å². The molecule has 0 fully saturated rings. The minimum Gasteiger partial charge on any atom is -0.378 e. The predicted octanol–water partition coefficient (Wildman–Crippen LogP) is 2.35. The number of likely N-dealkylation sites (N-methyl/N-ethyl adjacent to an activating group) is 1. The summed E-state index contributed by atoms with van der Waals surface area (Å²) in [4.78, 5) is 27.4. The molecule has 2 aromatic carbocycles. The van der Waals surface area contributed by atoms with E-state index in [0.29, 0.717) is 11.4 Å². The zero-order valence-electron chi connectivity index (χ0n) is 12.9. The standard InChI is InChI=1S/C17H19N3O2/c1-19(2)14-11-9-13(10-12-14)18-16(21)17(22)20(3)15-7-5-4-6-8-15/h4-12H,1-3H3,(H,18,21). The van der Waals surface area contributed by atoms with Gasteiger partial charge in [0, 0.05) is 38.2 Å². The molecule has 22 heavy (non-hydrogen) atoms. The molecular formula is C17H19N3O2. The molecule has 0 bridgehead atoms. The summed E-state index contributed by atoms with van der Waals surface area (Å²) in [5.41, 5.74) is 2.28. The fourth-order valence-electron chi connectivity index (χ4n) is 1.95. The summed E-state index contributed by atoms with van der Waals surface area (Å²) in [7, 11) is 5.45. The molecule has 0 aliphatic carbocycles. The molecule has 2 aromatic rings. The van der Waals surface area contributed by atoms with Crippen LogP contribution in [0, 0.1) is 0 Å². The number of anilines is 3. The van der Waals surface area contributed by atoms with Crippen LogP contribution in [0.15, 0.2) is 54.6 Å². The molecule has 5 heteroatoms. The van der Waals surface area contributed by atoms with Crippen LogP contribution in [-0.4, -0.2) is 33.0 Å². The number of amides is 2. The molecule has 0 radical (unpaired) electrons. The van der Waals surface area contributed by atoms with Crippen LogP contribution in [0.3, 0.4) is 0 Å². The van der Waals surface area contributed by atoms with Crippen LogP contribution in [0.25, 0.3) is 0 Å². The zero-order valence-corrected chi connectivity index (χ0v) is 12.9. The van der Waals surface area contributed by atoms with Crippen LogP contribution < -0.4 is 15.1 Å². The Hall–Kier alpha value is -2.82. The van der Waals surface area contributed by atoms with Crippen LogP contribution >= 0.6 is 0 Å². The van der Waals surface area contributed by atoms with Gasteiger partial charge >= 0.3 is 11.8 Å². The van der Waals surface area contributed by atoms with Gasteiger partial charge in [-0.15, -0.1) is 0 Å². The van der Waals surface area contributed by atoms with Crippen molar-refractivity contribution in [2.24, 2.45) is 0 Å². The number of rotatable bonds is 3. The van der Waals surface area contributed by atoms with Crippen LogP contribution in [-0.2, 0) is 9.59 Å². The number of benzene rings is 2. The normalized spacial score (nSPS) is 9.95. The average Bonchev–Trinajstić information content (AvgIpc) is 2.54. The van der Waals surface area contributed by atoms with Crippen LogP contribution in [0.5, 0.6) is 0 Å². The molecule has 0 spiro atoms. The summed E-state index contributed by atoms with van der Waals surface area (Å²) in [5.74, 6) is -1.27. The number of carbonyl (C=O) groups is 2. The van der Waals surface area contributed by atoms with Crippen molar-refractivity contribution in [1.29, 1.82) is 0 Å².